The van der Waals surface area contributed by atoms with Gasteiger partial charge in [-0.15, -0.1) is 24.0 Å². The number of guanidine groups is 1. The Morgan fingerprint density at radius 3 is 2.32 bits per heavy atom. The zero-order chi connectivity index (χ0) is 19.3. The van der Waals surface area contributed by atoms with E-state index in [0.717, 1.165) is 51.3 Å². The Morgan fingerprint density at radius 2 is 1.79 bits per heavy atom. The van der Waals surface area contributed by atoms with Crippen LogP contribution >= 0.6 is 24.0 Å². The van der Waals surface area contributed by atoms with Crippen molar-refractivity contribution < 1.29 is 4.39 Å². The number of hydrogen-bond donors (Lipinski definition) is 2. The maximum atomic E-state index is 13.4. The van der Waals surface area contributed by atoms with Gasteiger partial charge in [-0.3, -0.25) is 4.99 Å². The summed E-state index contributed by atoms with van der Waals surface area (Å²) in [5, 5.41) is 7.20. The first kappa shape index (κ1) is 23.4. The summed E-state index contributed by atoms with van der Waals surface area (Å²) in [6.45, 7) is 7.68. The Labute approximate surface area is 186 Å². The standard InChI is InChI=1S/C22H35FN4.HI/c1-17(2)27-14-10-20(11-15-27)26-21(24-3)25-16-22(12-4-5-13-22)18-6-8-19(23)9-7-18;/h6-9,17,20H,4-5,10-16H2,1-3H3,(H2,24,25,26);1H. The predicted molar refractivity (Wildman–Crippen MR) is 126 cm³/mol. The molecule has 1 aromatic carbocycles. The first-order chi connectivity index (χ1) is 13.0. The fourth-order valence-corrected chi connectivity index (χ4v) is 4.62. The highest BCUT2D eigenvalue weighted by Crippen LogP contribution is 2.40. The lowest BCUT2D eigenvalue weighted by Gasteiger charge is -2.36. The molecule has 0 amide bonds. The zero-order valence-corrected chi connectivity index (χ0v) is 19.8. The number of likely N-dealkylation sites (tertiary alicyclic amines) is 1. The Bertz CT molecular complexity index is 618. The van der Waals surface area contributed by atoms with E-state index in [2.05, 4.69) is 34.4 Å². The van der Waals surface area contributed by atoms with E-state index in [4.69, 9.17) is 0 Å². The number of halogens is 2. The van der Waals surface area contributed by atoms with Crippen molar-refractivity contribution in [2.75, 3.05) is 26.7 Å². The molecule has 1 saturated carbocycles. The fraction of sp³-hybridized carbons (Fsp3) is 0.682. The van der Waals surface area contributed by atoms with Crippen molar-refractivity contribution in [1.29, 1.82) is 0 Å². The summed E-state index contributed by atoms with van der Waals surface area (Å²) < 4.78 is 13.4. The summed E-state index contributed by atoms with van der Waals surface area (Å²) in [4.78, 5) is 7.00. The summed E-state index contributed by atoms with van der Waals surface area (Å²) in [5.41, 5.74) is 1.33. The van der Waals surface area contributed by atoms with E-state index in [9.17, 15) is 4.39 Å². The van der Waals surface area contributed by atoms with Gasteiger partial charge in [0.15, 0.2) is 5.96 Å². The van der Waals surface area contributed by atoms with Gasteiger partial charge in [0.2, 0.25) is 0 Å². The number of piperidine rings is 1. The van der Waals surface area contributed by atoms with Gasteiger partial charge in [0.1, 0.15) is 5.82 Å². The van der Waals surface area contributed by atoms with E-state index in [1.165, 1.54) is 18.4 Å². The number of hydrogen-bond acceptors (Lipinski definition) is 2. The molecule has 3 rings (SSSR count). The summed E-state index contributed by atoms with van der Waals surface area (Å²) in [6, 6.07) is 8.20. The summed E-state index contributed by atoms with van der Waals surface area (Å²) in [5.74, 6) is 0.733. The van der Waals surface area contributed by atoms with Crippen LogP contribution < -0.4 is 10.6 Å². The number of nitrogens with zero attached hydrogens (tertiary/aromatic N) is 2. The van der Waals surface area contributed by atoms with Gasteiger partial charge in [-0.1, -0.05) is 25.0 Å². The monoisotopic (exact) mass is 502 g/mol. The van der Waals surface area contributed by atoms with Crippen LogP contribution in [-0.2, 0) is 5.41 Å². The van der Waals surface area contributed by atoms with Crippen LogP contribution in [0.15, 0.2) is 29.3 Å². The third kappa shape index (κ3) is 5.81. The van der Waals surface area contributed by atoms with Gasteiger partial charge < -0.3 is 15.5 Å². The van der Waals surface area contributed by atoms with E-state index in [-0.39, 0.29) is 35.2 Å². The normalized spacial score (nSPS) is 20.8. The molecule has 1 saturated heterocycles. The van der Waals surface area contributed by atoms with Gasteiger partial charge in [-0.2, -0.15) is 0 Å². The van der Waals surface area contributed by atoms with E-state index in [1.54, 1.807) is 12.1 Å². The second-order valence-electron chi connectivity index (χ2n) is 8.47. The van der Waals surface area contributed by atoms with Crippen LogP contribution in [0.25, 0.3) is 0 Å². The van der Waals surface area contributed by atoms with Crippen LogP contribution in [0, 0.1) is 5.82 Å². The molecule has 28 heavy (non-hydrogen) atoms. The van der Waals surface area contributed by atoms with Crippen molar-refractivity contribution in [3.63, 3.8) is 0 Å². The molecule has 6 heteroatoms. The molecule has 2 fully saturated rings. The lowest BCUT2D eigenvalue weighted by atomic mass is 9.79. The first-order valence-electron chi connectivity index (χ1n) is 10.5. The van der Waals surface area contributed by atoms with Crippen LogP contribution in [0.2, 0.25) is 0 Å². The maximum Gasteiger partial charge on any atom is 0.191 e. The molecule has 0 unspecified atom stereocenters. The Balaban J connectivity index is 0.00000280. The van der Waals surface area contributed by atoms with Crippen LogP contribution in [0.4, 0.5) is 4.39 Å². The molecule has 1 aliphatic heterocycles. The summed E-state index contributed by atoms with van der Waals surface area (Å²) >= 11 is 0. The van der Waals surface area contributed by atoms with Crippen LogP contribution in [0.5, 0.6) is 0 Å². The van der Waals surface area contributed by atoms with Crippen molar-refractivity contribution in [1.82, 2.24) is 15.5 Å². The molecule has 2 N–H and O–H groups in total. The highest BCUT2D eigenvalue weighted by Gasteiger charge is 2.35. The Kier molecular flexibility index (Phi) is 8.99. The number of rotatable bonds is 5. The molecule has 0 aromatic heterocycles. The molecule has 0 radical (unpaired) electrons. The molecule has 1 aromatic rings. The fourth-order valence-electron chi connectivity index (χ4n) is 4.62. The average molecular weight is 502 g/mol. The average Bonchev–Trinajstić information content (AvgIpc) is 3.16. The molecule has 1 heterocycles. The van der Waals surface area contributed by atoms with E-state index in [0.29, 0.717) is 12.1 Å². The zero-order valence-electron chi connectivity index (χ0n) is 17.5. The second-order valence-corrected chi connectivity index (χ2v) is 8.47. The highest BCUT2D eigenvalue weighted by molar-refractivity contribution is 14.0. The van der Waals surface area contributed by atoms with Crippen molar-refractivity contribution >= 4 is 29.9 Å². The van der Waals surface area contributed by atoms with Crippen LogP contribution in [-0.4, -0.2) is 49.6 Å². The van der Waals surface area contributed by atoms with Crippen LogP contribution in [0.3, 0.4) is 0 Å². The lowest BCUT2D eigenvalue weighted by Crippen LogP contribution is -2.51. The van der Waals surface area contributed by atoms with Crippen LogP contribution in [0.1, 0.15) is 57.9 Å². The topological polar surface area (TPSA) is 39.7 Å². The van der Waals surface area contributed by atoms with E-state index in [1.807, 2.05) is 19.2 Å². The molecular formula is C22H36FIN4. The highest BCUT2D eigenvalue weighted by atomic mass is 127. The molecule has 2 aliphatic rings. The maximum absolute atomic E-state index is 13.4. The molecule has 0 atom stereocenters. The summed E-state index contributed by atoms with van der Waals surface area (Å²) in [6.07, 6.45) is 7.08. The SMILES string of the molecule is CN=C(NCC1(c2ccc(F)cc2)CCCC1)NC1CCN(C(C)C)CC1.I. The quantitative estimate of drug-likeness (QED) is 0.359. The van der Waals surface area contributed by atoms with Crippen molar-refractivity contribution in [2.24, 2.45) is 4.99 Å². The van der Waals surface area contributed by atoms with Gasteiger partial charge in [0.05, 0.1) is 0 Å². The van der Waals surface area contributed by atoms with Gasteiger partial charge in [0.25, 0.3) is 0 Å². The molecular weight excluding hydrogens is 466 g/mol. The molecule has 0 spiro atoms. The molecule has 158 valence electrons. The third-order valence-corrected chi connectivity index (χ3v) is 6.44. The molecule has 1 aliphatic carbocycles. The predicted octanol–water partition coefficient (Wildman–Crippen LogP) is 4.29. The largest absolute Gasteiger partial charge is 0.356 e. The summed E-state index contributed by atoms with van der Waals surface area (Å²) in [7, 11) is 1.85. The first-order valence-corrected chi connectivity index (χ1v) is 10.5. The molecule has 4 nitrogen and oxygen atoms in total. The minimum atomic E-state index is -0.162. The Hall–Kier alpha value is -0.890. The van der Waals surface area contributed by atoms with Crippen molar-refractivity contribution in [3.8, 4) is 0 Å². The van der Waals surface area contributed by atoms with Gasteiger partial charge in [-0.25, -0.2) is 4.39 Å². The Morgan fingerprint density at radius 1 is 1.18 bits per heavy atom. The lowest BCUT2D eigenvalue weighted by molar-refractivity contribution is 0.167. The van der Waals surface area contributed by atoms with Crippen molar-refractivity contribution in [2.45, 2.75) is 69.9 Å². The minimum Gasteiger partial charge on any atom is -0.356 e. The van der Waals surface area contributed by atoms with Gasteiger partial charge in [0, 0.05) is 44.2 Å². The van der Waals surface area contributed by atoms with Gasteiger partial charge >= 0.3 is 0 Å². The second kappa shape index (κ2) is 10.8. The number of benzene rings is 1. The molecule has 0 bridgehead atoms. The van der Waals surface area contributed by atoms with E-state index < -0.39 is 0 Å². The van der Waals surface area contributed by atoms with Crippen molar-refractivity contribution in [3.05, 3.63) is 35.6 Å². The third-order valence-electron chi connectivity index (χ3n) is 6.44. The number of nitrogens with one attached hydrogen (secondary N) is 2. The number of aliphatic imine (C=N–C) groups is 1. The van der Waals surface area contributed by atoms with Gasteiger partial charge in [-0.05, 0) is 57.2 Å². The van der Waals surface area contributed by atoms with E-state index >= 15 is 0 Å². The smallest absolute Gasteiger partial charge is 0.191 e. The minimum absolute atomic E-state index is 0.